The molecule has 0 bridgehead atoms. The number of carbonyl (C=O) groups excluding carboxylic acids is 2. The van der Waals surface area contributed by atoms with Gasteiger partial charge >= 0.3 is 12.2 Å². The first-order chi connectivity index (χ1) is 9.42. The summed E-state index contributed by atoms with van der Waals surface area (Å²) in [5, 5.41) is 2.58. The summed E-state index contributed by atoms with van der Waals surface area (Å²) in [5.74, 6) is 0.352. The lowest BCUT2D eigenvalue weighted by molar-refractivity contribution is 0.118. The Labute approximate surface area is 118 Å². The molecule has 1 atom stereocenters. The minimum Gasteiger partial charge on any atom is -0.446 e. The quantitative estimate of drug-likeness (QED) is 0.920. The maximum absolute atomic E-state index is 11.6. The van der Waals surface area contributed by atoms with E-state index in [1.807, 2.05) is 13.8 Å². The second kappa shape index (κ2) is 7.37. The molecule has 0 saturated carbocycles. The maximum Gasteiger partial charge on any atom is 0.414 e. The van der Waals surface area contributed by atoms with Crippen LogP contribution in [0.25, 0.3) is 0 Å². The van der Waals surface area contributed by atoms with E-state index in [0.717, 1.165) is 6.42 Å². The van der Waals surface area contributed by atoms with Crippen LogP contribution in [0, 0.1) is 0 Å². The highest BCUT2D eigenvalue weighted by Crippen LogP contribution is 2.18. The lowest BCUT2D eigenvalue weighted by Crippen LogP contribution is -2.25. The van der Waals surface area contributed by atoms with E-state index in [1.54, 1.807) is 38.4 Å². The van der Waals surface area contributed by atoms with Crippen molar-refractivity contribution in [2.75, 3.05) is 19.4 Å². The largest absolute Gasteiger partial charge is 0.446 e. The highest BCUT2D eigenvalue weighted by Gasteiger charge is 2.10. The number of anilines is 1. The van der Waals surface area contributed by atoms with Crippen LogP contribution in [0.1, 0.15) is 20.3 Å². The molecule has 0 spiro atoms. The Morgan fingerprint density at radius 2 is 2.05 bits per heavy atom. The summed E-state index contributed by atoms with van der Waals surface area (Å²) >= 11 is 0. The molecule has 6 heteroatoms. The van der Waals surface area contributed by atoms with E-state index in [9.17, 15) is 9.59 Å². The third-order valence-electron chi connectivity index (χ3n) is 2.53. The van der Waals surface area contributed by atoms with Crippen LogP contribution >= 0.6 is 0 Å². The highest BCUT2D eigenvalue weighted by molar-refractivity contribution is 5.85. The molecule has 0 aliphatic heterocycles. The van der Waals surface area contributed by atoms with Crippen LogP contribution in [0.2, 0.25) is 0 Å². The standard InChI is InChI=1S/C14H20N2O4/c1-5-10(2)19-13(17)15-11-7-6-8-12(9-11)20-14(18)16(3)4/h6-10H,5H2,1-4H3,(H,15,17). The summed E-state index contributed by atoms with van der Waals surface area (Å²) in [6, 6.07) is 6.55. The summed E-state index contributed by atoms with van der Waals surface area (Å²) < 4.78 is 10.2. The third kappa shape index (κ3) is 5.17. The molecular weight excluding hydrogens is 260 g/mol. The summed E-state index contributed by atoms with van der Waals surface area (Å²) in [6.45, 7) is 3.74. The van der Waals surface area contributed by atoms with Crippen molar-refractivity contribution in [3.8, 4) is 5.75 Å². The molecule has 0 aliphatic carbocycles. The van der Waals surface area contributed by atoms with E-state index >= 15 is 0 Å². The average molecular weight is 280 g/mol. The topological polar surface area (TPSA) is 67.9 Å². The van der Waals surface area contributed by atoms with Crippen molar-refractivity contribution < 1.29 is 19.1 Å². The monoisotopic (exact) mass is 280 g/mol. The Kier molecular flexibility index (Phi) is 5.83. The van der Waals surface area contributed by atoms with Crippen molar-refractivity contribution in [3.63, 3.8) is 0 Å². The fraction of sp³-hybridized carbons (Fsp3) is 0.429. The van der Waals surface area contributed by atoms with Gasteiger partial charge in [0.2, 0.25) is 0 Å². The normalized spacial score (nSPS) is 11.4. The van der Waals surface area contributed by atoms with E-state index in [4.69, 9.17) is 9.47 Å². The van der Waals surface area contributed by atoms with Gasteiger partial charge < -0.3 is 14.4 Å². The molecule has 20 heavy (non-hydrogen) atoms. The predicted molar refractivity (Wildman–Crippen MR) is 76.0 cm³/mol. The SMILES string of the molecule is CCC(C)OC(=O)Nc1cccc(OC(=O)N(C)C)c1. The molecule has 1 rings (SSSR count). The fourth-order valence-corrected chi connectivity index (χ4v) is 1.24. The third-order valence-corrected chi connectivity index (χ3v) is 2.53. The van der Waals surface area contributed by atoms with Gasteiger partial charge in [-0.15, -0.1) is 0 Å². The number of nitrogens with one attached hydrogen (secondary N) is 1. The Bertz CT molecular complexity index is 474. The maximum atomic E-state index is 11.6. The van der Waals surface area contributed by atoms with Gasteiger partial charge in [0, 0.05) is 25.8 Å². The van der Waals surface area contributed by atoms with Crippen molar-refractivity contribution in [3.05, 3.63) is 24.3 Å². The van der Waals surface area contributed by atoms with Gasteiger partial charge in [-0.05, 0) is 25.5 Å². The molecule has 110 valence electrons. The number of benzene rings is 1. The van der Waals surface area contributed by atoms with Crippen molar-refractivity contribution in [1.29, 1.82) is 0 Å². The Balaban J connectivity index is 2.64. The number of amides is 2. The Hall–Kier alpha value is -2.24. The van der Waals surface area contributed by atoms with E-state index in [2.05, 4.69) is 5.32 Å². The smallest absolute Gasteiger partial charge is 0.414 e. The molecule has 0 heterocycles. The van der Waals surface area contributed by atoms with Gasteiger partial charge in [0.05, 0.1) is 0 Å². The van der Waals surface area contributed by atoms with Gasteiger partial charge in [0.15, 0.2) is 0 Å². The van der Waals surface area contributed by atoms with Crippen LogP contribution < -0.4 is 10.1 Å². The molecule has 0 aromatic heterocycles. The number of hydrogen-bond donors (Lipinski definition) is 1. The Morgan fingerprint density at radius 1 is 1.35 bits per heavy atom. The van der Waals surface area contributed by atoms with E-state index in [1.165, 1.54) is 4.90 Å². The molecule has 1 unspecified atom stereocenters. The first-order valence-electron chi connectivity index (χ1n) is 6.39. The number of rotatable bonds is 4. The number of hydrogen-bond acceptors (Lipinski definition) is 4. The van der Waals surface area contributed by atoms with Gasteiger partial charge in [-0.1, -0.05) is 13.0 Å². The molecule has 1 aromatic carbocycles. The van der Waals surface area contributed by atoms with Gasteiger partial charge in [-0.3, -0.25) is 5.32 Å². The molecule has 0 fully saturated rings. The van der Waals surface area contributed by atoms with E-state index in [0.29, 0.717) is 11.4 Å². The summed E-state index contributed by atoms with van der Waals surface area (Å²) in [6.07, 6.45) is -0.419. The molecule has 0 saturated heterocycles. The second-order valence-electron chi connectivity index (χ2n) is 4.54. The second-order valence-corrected chi connectivity index (χ2v) is 4.54. The van der Waals surface area contributed by atoms with Crippen molar-refractivity contribution >= 4 is 17.9 Å². The molecular formula is C14H20N2O4. The summed E-state index contributed by atoms with van der Waals surface area (Å²) in [5.41, 5.74) is 0.502. The van der Waals surface area contributed by atoms with Crippen LogP contribution in [-0.2, 0) is 4.74 Å². The van der Waals surface area contributed by atoms with Crippen LogP contribution in [0.15, 0.2) is 24.3 Å². The molecule has 0 radical (unpaired) electrons. The minimum absolute atomic E-state index is 0.148. The Morgan fingerprint density at radius 3 is 2.65 bits per heavy atom. The first kappa shape index (κ1) is 15.8. The number of ether oxygens (including phenoxy) is 2. The molecule has 0 aliphatic rings. The zero-order valence-electron chi connectivity index (χ0n) is 12.2. The lowest BCUT2D eigenvalue weighted by atomic mass is 10.3. The van der Waals surface area contributed by atoms with Crippen molar-refractivity contribution in [2.24, 2.45) is 0 Å². The van der Waals surface area contributed by atoms with Crippen molar-refractivity contribution in [1.82, 2.24) is 4.90 Å². The van der Waals surface area contributed by atoms with E-state index < -0.39 is 12.2 Å². The summed E-state index contributed by atoms with van der Waals surface area (Å²) in [4.78, 5) is 24.3. The van der Waals surface area contributed by atoms with Crippen LogP contribution in [0.3, 0.4) is 0 Å². The predicted octanol–water partition coefficient (Wildman–Crippen LogP) is 3.09. The van der Waals surface area contributed by atoms with Crippen LogP contribution in [-0.4, -0.2) is 37.3 Å². The highest BCUT2D eigenvalue weighted by atomic mass is 16.6. The lowest BCUT2D eigenvalue weighted by Gasteiger charge is -2.13. The molecule has 1 N–H and O–H groups in total. The number of nitrogens with zero attached hydrogens (tertiary/aromatic N) is 1. The average Bonchev–Trinajstić information content (AvgIpc) is 2.38. The number of carbonyl (C=O) groups is 2. The molecule has 2 amide bonds. The van der Waals surface area contributed by atoms with E-state index in [-0.39, 0.29) is 6.10 Å². The zero-order valence-corrected chi connectivity index (χ0v) is 12.2. The van der Waals surface area contributed by atoms with Crippen molar-refractivity contribution in [2.45, 2.75) is 26.4 Å². The van der Waals surface area contributed by atoms with Gasteiger partial charge in [-0.2, -0.15) is 0 Å². The zero-order chi connectivity index (χ0) is 15.1. The van der Waals surface area contributed by atoms with Gasteiger partial charge in [-0.25, -0.2) is 9.59 Å². The molecule has 6 nitrogen and oxygen atoms in total. The van der Waals surface area contributed by atoms with Gasteiger partial charge in [0.1, 0.15) is 11.9 Å². The van der Waals surface area contributed by atoms with Crippen LogP contribution in [0.5, 0.6) is 5.75 Å². The minimum atomic E-state index is -0.532. The van der Waals surface area contributed by atoms with Crippen LogP contribution in [0.4, 0.5) is 15.3 Å². The first-order valence-corrected chi connectivity index (χ1v) is 6.39. The molecule has 1 aromatic rings. The fourth-order valence-electron chi connectivity index (χ4n) is 1.24. The van der Waals surface area contributed by atoms with Gasteiger partial charge in [0.25, 0.3) is 0 Å². The summed E-state index contributed by atoms with van der Waals surface area (Å²) in [7, 11) is 3.18.